The highest BCUT2D eigenvalue weighted by atomic mass is 16.5. The smallest absolute Gasteiger partial charge is 0.0716 e. The van der Waals surface area contributed by atoms with Crippen LogP contribution < -0.4 is 0 Å². The second-order valence-electron chi connectivity index (χ2n) is 9.76. The highest BCUT2D eigenvalue weighted by Crippen LogP contribution is 2.44. The molecule has 3 rings (SSSR count). The summed E-state index contributed by atoms with van der Waals surface area (Å²) in [4.78, 5) is 0. The lowest BCUT2D eigenvalue weighted by atomic mass is 9.68. The largest absolute Gasteiger partial charge is 0.377 e. The zero-order valence-corrected chi connectivity index (χ0v) is 19.4. The van der Waals surface area contributed by atoms with Gasteiger partial charge in [-0.2, -0.15) is 0 Å². The van der Waals surface area contributed by atoms with Crippen molar-refractivity contribution in [1.29, 1.82) is 0 Å². The standard InChI is InChI=1S/C29H44O/c1-3-5-7-9-24-10-14-26(15-11-24)28-18-20-29(21-19-28)27-16-12-25(13-17-27)23-30-22-8-6-4-2/h3-5,12-13,16-17,24,26,28-29H,2,6-11,14-15,18-23H2,1H3/b5-3+. The van der Waals surface area contributed by atoms with E-state index in [1.165, 1.54) is 69.8 Å². The summed E-state index contributed by atoms with van der Waals surface area (Å²) in [6, 6.07) is 9.29. The fourth-order valence-corrected chi connectivity index (χ4v) is 5.78. The SMILES string of the molecule is C=CCCCOCc1ccc(C2CCC(C3CCC(CC/C=C/C)CC3)CC2)cc1. The summed E-state index contributed by atoms with van der Waals surface area (Å²) in [5.41, 5.74) is 2.86. The summed E-state index contributed by atoms with van der Waals surface area (Å²) in [6.45, 7) is 7.47. The zero-order valence-electron chi connectivity index (χ0n) is 19.4. The molecule has 0 unspecified atom stereocenters. The summed E-state index contributed by atoms with van der Waals surface area (Å²) < 4.78 is 5.77. The van der Waals surface area contributed by atoms with Gasteiger partial charge in [0.15, 0.2) is 0 Å². The van der Waals surface area contributed by atoms with Crippen molar-refractivity contribution >= 4 is 0 Å². The van der Waals surface area contributed by atoms with Gasteiger partial charge in [-0.05, 0) is 106 Å². The molecule has 0 saturated heterocycles. The lowest BCUT2D eigenvalue weighted by Gasteiger charge is -2.38. The van der Waals surface area contributed by atoms with Crippen LogP contribution >= 0.6 is 0 Å². The van der Waals surface area contributed by atoms with Crippen LogP contribution in [0.15, 0.2) is 49.1 Å². The molecule has 0 amide bonds. The normalized spacial score (nSPS) is 27.4. The minimum Gasteiger partial charge on any atom is -0.377 e. The van der Waals surface area contributed by atoms with Crippen LogP contribution in [0, 0.1) is 17.8 Å². The molecule has 1 heteroatoms. The summed E-state index contributed by atoms with van der Waals surface area (Å²) in [5, 5.41) is 0. The van der Waals surface area contributed by atoms with Gasteiger partial charge in [0.2, 0.25) is 0 Å². The van der Waals surface area contributed by atoms with Gasteiger partial charge in [0.05, 0.1) is 6.61 Å². The molecule has 0 heterocycles. The molecule has 0 aromatic heterocycles. The monoisotopic (exact) mass is 408 g/mol. The lowest BCUT2D eigenvalue weighted by molar-refractivity contribution is 0.119. The Kier molecular flexibility index (Phi) is 10.2. The Morgan fingerprint density at radius 2 is 1.57 bits per heavy atom. The first kappa shape index (κ1) is 23.3. The van der Waals surface area contributed by atoms with Crippen molar-refractivity contribution in [3.63, 3.8) is 0 Å². The van der Waals surface area contributed by atoms with Gasteiger partial charge < -0.3 is 4.74 Å². The van der Waals surface area contributed by atoms with Gasteiger partial charge in [0.1, 0.15) is 0 Å². The van der Waals surface area contributed by atoms with Crippen LogP contribution in [0.3, 0.4) is 0 Å². The van der Waals surface area contributed by atoms with Crippen LogP contribution in [-0.4, -0.2) is 6.61 Å². The van der Waals surface area contributed by atoms with E-state index in [1.54, 1.807) is 5.56 Å². The molecule has 1 aromatic rings. The van der Waals surface area contributed by atoms with Crippen LogP contribution in [0.25, 0.3) is 0 Å². The van der Waals surface area contributed by atoms with E-state index in [-0.39, 0.29) is 0 Å². The Bertz CT molecular complexity index is 612. The predicted molar refractivity (Wildman–Crippen MR) is 130 cm³/mol. The van der Waals surface area contributed by atoms with E-state index in [0.29, 0.717) is 0 Å². The summed E-state index contributed by atoms with van der Waals surface area (Å²) in [6.07, 6.45) is 23.0. The first-order chi connectivity index (χ1) is 14.8. The summed E-state index contributed by atoms with van der Waals surface area (Å²) >= 11 is 0. The van der Waals surface area contributed by atoms with Crippen molar-refractivity contribution in [1.82, 2.24) is 0 Å². The Morgan fingerprint density at radius 1 is 0.900 bits per heavy atom. The van der Waals surface area contributed by atoms with Gasteiger partial charge in [-0.25, -0.2) is 0 Å². The second-order valence-corrected chi connectivity index (χ2v) is 9.76. The van der Waals surface area contributed by atoms with Crippen LogP contribution in [0.4, 0.5) is 0 Å². The number of ether oxygens (including phenoxy) is 1. The fourth-order valence-electron chi connectivity index (χ4n) is 5.78. The Hall–Kier alpha value is -1.34. The molecular formula is C29H44O. The molecule has 2 aliphatic rings. The Labute approximate surface area is 186 Å². The lowest BCUT2D eigenvalue weighted by Crippen LogP contribution is -2.25. The van der Waals surface area contributed by atoms with Crippen LogP contribution in [-0.2, 0) is 11.3 Å². The molecule has 0 bridgehead atoms. The number of allylic oxidation sites excluding steroid dienone is 3. The van der Waals surface area contributed by atoms with Crippen molar-refractivity contribution < 1.29 is 4.74 Å². The van der Waals surface area contributed by atoms with E-state index in [2.05, 4.69) is 49.9 Å². The zero-order chi connectivity index (χ0) is 21.0. The molecule has 1 aromatic carbocycles. The Morgan fingerprint density at radius 3 is 2.20 bits per heavy atom. The number of hydrogen-bond donors (Lipinski definition) is 0. The third-order valence-electron chi connectivity index (χ3n) is 7.72. The molecule has 0 N–H and O–H groups in total. The van der Waals surface area contributed by atoms with Gasteiger partial charge in [-0.15, -0.1) is 6.58 Å². The van der Waals surface area contributed by atoms with Crippen molar-refractivity contribution in [3.8, 4) is 0 Å². The van der Waals surface area contributed by atoms with Crippen molar-refractivity contribution in [3.05, 3.63) is 60.2 Å². The molecule has 2 aliphatic carbocycles. The quantitative estimate of drug-likeness (QED) is 0.263. The summed E-state index contributed by atoms with van der Waals surface area (Å²) in [7, 11) is 0. The van der Waals surface area contributed by atoms with Crippen molar-refractivity contribution in [2.45, 2.75) is 96.5 Å². The average molecular weight is 409 g/mol. The molecule has 2 saturated carbocycles. The van der Waals surface area contributed by atoms with Crippen LogP contribution in [0.2, 0.25) is 0 Å². The van der Waals surface area contributed by atoms with E-state index in [4.69, 9.17) is 4.74 Å². The third-order valence-corrected chi connectivity index (χ3v) is 7.72. The van der Waals surface area contributed by atoms with E-state index < -0.39 is 0 Å². The van der Waals surface area contributed by atoms with Gasteiger partial charge in [-0.3, -0.25) is 0 Å². The van der Waals surface area contributed by atoms with Crippen LogP contribution in [0.5, 0.6) is 0 Å². The molecule has 0 spiro atoms. The molecule has 0 atom stereocenters. The minimum atomic E-state index is 0.738. The Balaban J connectivity index is 1.36. The highest BCUT2D eigenvalue weighted by Gasteiger charge is 2.31. The van der Waals surface area contributed by atoms with Crippen molar-refractivity contribution in [2.75, 3.05) is 6.61 Å². The predicted octanol–water partition coefficient (Wildman–Crippen LogP) is 8.61. The molecule has 166 valence electrons. The van der Waals surface area contributed by atoms with Gasteiger partial charge >= 0.3 is 0 Å². The number of rotatable bonds is 11. The van der Waals surface area contributed by atoms with E-state index in [0.717, 1.165) is 49.7 Å². The molecule has 0 radical (unpaired) electrons. The van der Waals surface area contributed by atoms with E-state index in [1.807, 2.05) is 6.08 Å². The molecule has 1 nitrogen and oxygen atoms in total. The first-order valence-electron chi connectivity index (χ1n) is 12.7. The fraction of sp³-hybridized carbons (Fsp3) is 0.655. The van der Waals surface area contributed by atoms with E-state index in [9.17, 15) is 0 Å². The molecule has 0 aliphatic heterocycles. The topological polar surface area (TPSA) is 9.23 Å². The minimum absolute atomic E-state index is 0.738. The summed E-state index contributed by atoms with van der Waals surface area (Å²) in [5.74, 6) is 3.80. The number of hydrogen-bond acceptors (Lipinski definition) is 1. The molecular weight excluding hydrogens is 364 g/mol. The third kappa shape index (κ3) is 7.41. The maximum atomic E-state index is 5.77. The van der Waals surface area contributed by atoms with Gasteiger partial charge in [-0.1, -0.05) is 55.3 Å². The number of benzene rings is 1. The van der Waals surface area contributed by atoms with Gasteiger partial charge in [0, 0.05) is 6.61 Å². The maximum Gasteiger partial charge on any atom is 0.0716 e. The second kappa shape index (κ2) is 13.2. The van der Waals surface area contributed by atoms with Gasteiger partial charge in [0.25, 0.3) is 0 Å². The highest BCUT2D eigenvalue weighted by molar-refractivity contribution is 5.25. The van der Waals surface area contributed by atoms with Crippen molar-refractivity contribution in [2.24, 2.45) is 17.8 Å². The molecule has 30 heavy (non-hydrogen) atoms. The number of unbranched alkanes of at least 4 members (excludes halogenated alkanes) is 1. The van der Waals surface area contributed by atoms with E-state index >= 15 is 0 Å². The van der Waals surface area contributed by atoms with Crippen LogP contribution in [0.1, 0.15) is 101 Å². The molecule has 2 fully saturated rings. The first-order valence-corrected chi connectivity index (χ1v) is 12.7. The maximum absolute atomic E-state index is 5.77. The average Bonchev–Trinajstić information content (AvgIpc) is 2.80.